The van der Waals surface area contributed by atoms with E-state index in [1.807, 2.05) is 30.3 Å². The molecule has 154 valence electrons. The molecule has 2 aromatic carbocycles. The molecule has 8 N–H and O–H groups in total. The largest absolute Gasteiger partial charge is 0.489 e. The molecule has 12 nitrogen and oxygen atoms in total. The second-order valence-electron chi connectivity index (χ2n) is 6.00. The lowest BCUT2D eigenvalue weighted by atomic mass is 10.1. The number of carbonyl (C=O) groups is 2. The normalized spacial score (nSPS) is 10.3. The number of carbonyl (C=O) groups excluding carboxylic acids is 2. The smallest absolute Gasteiger partial charge is 0.336 e. The topological polar surface area (TPSA) is 193 Å². The fourth-order valence-corrected chi connectivity index (χ4v) is 2.42. The summed E-state index contributed by atoms with van der Waals surface area (Å²) >= 11 is 0. The molecule has 30 heavy (non-hydrogen) atoms. The van der Waals surface area contributed by atoms with E-state index in [-0.39, 0.29) is 17.5 Å². The Balaban J connectivity index is 1.88. The summed E-state index contributed by atoms with van der Waals surface area (Å²) in [5, 5.41) is 8.73. The van der Waals surface area contributed by atoms with Gasteiger partial charge >= 0.3 is 12.1 Å². The Hall–Kier alpha value is -4.29. The molecule has 0 saturated carbocycles. The minimum absolute atomic E-state index is 0.132. The summed E-state index contributed by atoms with van der Waals surface area (Å²) in [6.07, 6.45) is 0. The molecule has 12 heteroatoms. The molecule has 0 atom stereocenters. The summed E-state index contributed by atoms with van der Waals surface area (Å²) in [6, 6.07) is 14.4. The number of hydrogen-bond donors (Lipinski definition) is 4. The minimum Gasteiger partial charge on any atom is -0.489 e. The number of hydrogen-bond acceptors (Lipinski definition) is 8. The predicted octanol–water partition coefficient (Wildman–Crippen LogP) is 0.635. The molecule has 0 aliphatic rings. The molecule has 0 saturated heterocycles. The molecule has 3 rings (SSSR count). The first-order valence-corrected chi connectivity index (χ1v) is 8.57. The number of urea groups is 2. The lowest BCUT2D eigenvalue weighted by Crippen LogP contribution is -2.45. The summed E-state index contributed by atoms with van der Waals surface area (Å²) in [5.41, 5.74) is 12.0. The van der Waals surface area contributed by atoms with Crippen molar-refractivity contribution in [3.05, 3.63) is 60.2 Å². The summed E-state index contributed by atoms with van der Waals surface area (Å²) in [5.74, 6) is 11.3. The van der Waals surface area contributed by atoms with Crippen LogP contribution in [0, 0.1) is 0 Å². The quantitative estimate of drug-likeness (QED) is 0.258. The van der Waals surface area contributed by atoms with E-state index in [0.29, 0.717) is 27.9 Å². The zero-order valence-corrected chi connectivity index (χ0v) is 15.7. The number of nitrogens with zero attached hydrogens (tertiary/aromatic N) is 5. The number of ether oxygens (including phenoxy) is 1. The highest BCUT2D eigenvalue weighted by molar-refractivity contribution is 5.93. The summed E-state index contributed by atoms with van der Waals surface area (Å²) in [4.78, 5) is 26.8. The molecular weight excluding hydrogens is 390 g/mol. The van der Waals surface area contributed by atoms with E-state index in [4.69, 9.17) is 27.9 Å². The highest BCUT2D eigenvalue weighted by atomic mass is 16.5. The van der Waals surface area contributed by atoms with E-state index in [1.165, 1.54) is 0 Å². The summed E-state index contributed by atoms with van der Waals surface area (Å²) in [7, 11) is 0. The SMILES string of the molecule is NC(=O)N(N)c1nnc(-c2ccc(OCc3ccccc3)cc2)c(N(N)C(N)=O)n1. The first-order valence-electron chi connectivity index (χ1n) is 8.57. The number of rotatable bonds is 6. The van der Waals surface area contributed by atoms with Crippen LogP contribution in [0.2, 0.25) is 0 Å². The van der Waals surface area contributed by atoms with Gasteiger partial charge in [0.2, 0.25) is 0 Å². The third-order valence-electron chi connectivity index (χ3n) is 3.95. The van der Waals surface area contributed by atoms with E-state index in [9.17, 15) is 9.59 Å². The maximum absolute atomic E-state index is 11.6. The Labute approximate surface area is 171 Å². The van der Waals surface area contributed by atoms with Crippen LogP contribution < -0.4 is 37.9 Å². The fraction of sp³-hybridized carbons (Fsp3) is 0.0556. The third kappa shape index (κ3) is 4.57. The van der Waals surface area contributed by atoms with E-state index in [1.54, 1.807) is 24.3 Å². The molecule has 0 unspecified atom stereocenters. The number of amides is 4. The maximum Gasteiger partial charge on any atom is 0.336 e. The Morgan fingerprint density at radius 1 is 0.867 bits per heavy atom. The van der Waals surface area contributed by atoms with Crippen LogP contribution in [-0.2, 0) is 6.61 Å². The third-order valence-corrected chi connectivity index (χ3v) is 3.95. The van der Waals surface area contributed by atoms with Gasteiger partial charge in [0.05, 0.1) is 0 Å². The van der Waals surface area contributed by atoms with Gasteiger partial charge in [-0.1, -0.05) is 30.3 Å². The molecule has 3 aromatic rings. The predicted molar refractivity (Wildman–Crippen MR) is 109 cm³/mol. The lowest BCUT2D eigenvalue weighted by molar-refractivity contribution is 0.253. The van der Waals surface area contributed by atoms with Crippen LogP contribution in [0.3, 0.4) is 0 Å². The van der Waals surface area contributed by atoms with Gasteiger partial charge in [-0.3, -0.25) is 0 Å². The fourth-order valence-electron chi connectivity index (χ4n) is 2.42. The molecule has 0 spiro atoms. The van der Waals surface area contributed by atoms with Crippen molar-refractivity contribution in [1.82, 2.24) is 15.2 Å². The Kier molecular flexibility index (Phi) is 6.00. The summed E-state index contributed by atoms with van der Waals surface area (Å²) in [6.45, 7) is 0.402. The number of hydrazine groups is 2. The first kappa shape index (κ1) is 20.4. The molecule has 0 bridgehead atoms. The standard InChI is InChI=1S/C18H19N9O3/c19-16(28)26(21)15-14(24-25-18(23-15)27(22)17(20)29)12-6-8-13(9-7-12)30-10-11-4-2-1-3-5-11/h1-9H,10,21-22H2,(H2,19,28)(H2,20,29). The van der Waals surface area contributed by atoms with Crippen molar-refractivity contribution in [1.29, 1.82) is 0 Å². The highest BCUT2D eigenvalue weighted by Crippen LogP contribution is 2.28. The van der Waals surface area contributed by atoms with Crippen molar-refractivity contribution in [3.8, 4) is 17.0 Å². The van der Waals surface area contributed by atoms with Crippen molar-refractivity contribution in [2.75, 3.05) is 10.0 Å². The van der Waals surface area contributed by atoms with Crippen molar-refractivity contribution >= 4 is 23.8 Å². The average molecular weight is 409 g/mol. The number of nitrogens with two attached hydrogens (primary N) is 4. The number of anilines is 2. The second kappa shape index (κ2) is 8.81. The summed E-state index contributed by atoms with van der Waals surface area (Å²) < 4.78 is 5.74. The van der Waals surface area contributed by atoms with Crippen LogP contribution in [0.4, 0.5) is 21.4 Å². The van der Waals surface area contributed by atoms with E-state index in [0.717, 1.165) is 5.56 Å². The monoisotopic (exact) mass is 409 g/mol. The van der Waals surface area contributed by atoms with Crippen LogP contribution in [0.15, 0.2) is 54.6 Å². The van der Waals surface area contributed by atoms with Crippen LogP contribution in [0.1, 0.15) is 5.56 Å². The maximum atomic E-state index is 11.6. The molecule has 0 radical (unpaired) electrons. The minimum atomic E-state index is -1.03. The average Bonchev–Trinajstić information content (AvgIpc) is 2.77. The van der Waals surface area contributed by atoms with Crippen molar-refractivity contribution in [2.24, 2.45) is 23.2 Å². The Bertz CT molecular complexity index is 1040. The van der Waals surface area contributed by atoms with E-state index in [2.05, 4.69) is 15.2 Å². The van der Waals surface area contributed by atoms with Gasteiger partial charge < -0.3 is 16.2 Å². The van der Waals surface area contributed by atoms with Crippen LogP contribution >= 0.6 is 0 Å². The van der Waals surface area contributed by atoms with Gasteiger partial charge in [-0.2, -0.15) is 9.99 Å². The van der Waals surface area contributed by atoms with Crippen LogP contribution in [-0.4, -0.2) is 27.2 Å². The number of benzene rings is 2. The van der Waals surface area contributed by atoms with Gasteiger partial charge in [-0.05, 0) is 29.8 Å². The zero-order valence-electron chi connectivity index (χ0n) is 15.7. The van der Waals surface area contributed by atoms with Crippen LogP contribution in [0.25, 0.3) is 11.3 Å². The van der Waals surface area contributed by atoms with Gasteiger partial charge in [-0.15, -0.1) is 10.2 Å². The van der Waals surface area contributed by atoms with Gasteiger partial charge in [0.1, 0.15) is 18.1 Å². The molecule has 1 heterocycles. The van der Waals surface area contributed by atoms with Crippen molar-refractivity contribution in [3.63, 3.8) is 0 Å². The van der Waals surface area contributed by atoms with Crippen LogP contribution in [0.5, 0.6) is 5.75 Å². The van der Waals surface area contributed by atoms with E-state index >= 15 is 0 Å². The van der Waals surface area contributed by atoms with Gasteiger partial charge in [0.15, 0.2) is 5.82 Å². The molecule has 1 aromatic heterocycles. The van der Waals surface area contributed by atoms with Crippen molar-refractivity contribution in [2.45, 2.75) is 6.61 Å². The second-order valence-corrected chi connectivity index (χ2v) is 6.00. The lowest BCUT2D eigenvalue weighted by Gasteiger charge is -2.18. The molecular formula is C18H19N9O3. The Morgan fingerprint density at radius 3 is 2.10 bits per heavy atom. The van der Waals surface area contributed by atoms with Crippen molar-refractivity contribution < 1.29 is 14.3 Å². The Morgan fingerprint density at radius 2 is 1.50 bits per heavy atom. The first-order chi connectivity index (χ1) is 14.4. The van der Waals surface area contributed by atoms with Gasteiger partial charge in [0, 0.05) is 5.56 Å². The van der Waals surface area contributed by atoms with E-state index < -0.39 is 12.1 Å². The molecule has 4 amide bonds. The molecule has 0 fully saturated rings. The molecule has 0 aliphatic carbocycles. The molecule has 0 aliphatic heterocycles. The van der Waals surface area contributed by atoms with Gasteiger partial charge in [-0.25, -0.2) is 26.3 Å². The number of primary amides is 2. The van der Waals surface area contributed by atoms with Gasteiger partial charge in [0.25, 0.3) is 5.95 Å². The zero-order chi connectivity index (χ0) is 21.7. The highest BCUT2D eigenvalue weighted by Gasteiger charge is 2.22. The number of aromatic nitrogens is 3.